The normalized spacial score (nSPS) is 11.4. The number of halogens is 1. The Labute approximate surface area is 117 Å². The van der Waals surface area contributed by atoms with Crippen LogP contribution in [0.2, 0.25) is 5.15 Å². The lowest BCUT2D eigenvalue weighted by atomic mass is 9.92. The molecule has 0 aliphatic heterocycles. The molecule has 0 N–H and O–H groups in total. The minimum absolute atomic E-state index is 0.0970. The summed E-state index contributed by atoms with van der Waals surface area (Å²) in [7, 11) is 1.61. The van der Waals surface area contributed by atoms with Crippen LogP contribution in [0.15, 0.2) is 24.4 Å². The van der Waals surface area contributed by atoms with Crippen molar-refractivity contribution < 1.29 is 4.74 Å². The molecule has 2 rings (SSSR count). The number of hydrogen-bond donors (Lipinski definition) is 0. The second kappa shape index (κ2) is 5.13. The molecule has 100 valence electrons. The average Bonchev–Trinajstić information content (AvgIpc) is 2.37. The van der Waals surface area contributed by atoms with Crippen LogP contribution in [0.1, 0.15) is 26.5 Å². The van der Waals surface area contributed by atoms with E-state index in [0.29, 0.717) is 22.4 Å². The largest absolute Gasteiger partial charge is 0.497 e. The molecule has 0 saturated heterocycles. The van der Waals surface area contributed by atoms with Crippen molar-refractivity contribution in [2.45, 2.75) is 26.2 Å². The van der Waals surface area contributed by atoms with E-state index in [4.69, 9.17) is 16.3 Å². The van der Waals surface area contributed by atoms with E-state index in [0.717, 1.165) is 5.69 Å². The van der Waals surface area contributed by atoms with Crippen molar-refractivity contribution in [3.8, 4) is 17.3 Å². The molecule has 0 amide bonds. The summed E-state index contributed by atoms with van der Waals surface area (Å²) in [5.41, 5.74) is 1.43. The van der Waals surface area contributed by atoms with Crippen LogP contribution in [0.25, 0.3) is 11.5 Å². The Balaban J connectivity index is 2.53. The summed E-state index contributed by atoms with van der Waals surface area (Å²) < 4.78 is 5.18. The highest BCUT2D eigenvalue weighted by molar-refractivity contribution is 6.29. The second-order valence-corrected chi connectivity index (χ2v) is 5.62. The topological polar surface area (TPSA) is 47.9 Å². The summed E-state index contributed by atoms with van der Waals surface area (Å²) >= 11 is 6.07. The van der Waals surface area contributed by atoms with E-state index >= 15 is 0 Å². The van der Waals surface area contributed by atoms with Gasteiger partial charge in [0, 0.05) is 17.7 Å². The minimum Gasteiger partial charge on any atom is -0.497 e. The molecular weight excluding hydrogens is 262 g/mol. The number of ether oxygens (including phenoxy) is 1. The van der Waals surface area contributed by atoms with Gasteiger partial charge >= 0.3 is 0 Å². The van der Waals surface area contributed by atoms with Gasteiger partial charge in [-0.15, -0.1) is 0 Å². The maximum absolute atomic E-state index is 6.07. The third-order valence-corrected chi connectivity index (χ3v) is 2.85. The molecule has 0 radical (unpaired) electrons. The maximum atomic E-state index is 6.07. The first kappa shape index (κ1) is 13.7. The molecule has 2 heterocycles. The highest BCUT2D eigenvalue weighted by Gasteiger charge is 2.18. The molecule has 0 aliphatic rings. The van der Waals surface area contributed by atoms with Crippen LogP contribution >= 0.6 is 11.6 Å². The summed E-state index contributed by atoms with van der Waals surface area (Å²) in [6.45, 7) is 6.23. The lowest BCUT2D eigenvalue weighted by molar-refractivity contribution is 0.414. The number of methoxy groups -OCH3 is 1. The summed E-state index contributed by atoms with van der Waals surface area (Å²) in [4.78, 5) is 13.0. The van der Waals surface area contributed by atoms with Gasteiger partial charge in [0.25, 0.3) is 0 Å². The molecule has 0 spiro atoms. The van der Waals surface area contributed by atoms with Gasteiger partial charge in [0.1, 0.15) is 16.6 Å². The van der Waals surface area contributed by atoms with Crippen LogP contribution in [-0.4, -0.2) is 22.1 Å². The van der Waals surface area contributed by atoms with E-state index < -0.39 is 0 Å². The van der Waals surface area contributed by atoms with Crippen LogP contribution in [0.3, 0.4) is 0 Å². The monoisotopic (exact) mass is 277 g/mol. The molecule has 2 aromatic heterocycles. The molecule has 0 saturated carbocycles. The zero-order chi connectivity index (χ0) is 14.0. The molecule has 0 bridgehead atoms. The van der Waals surface area contributed by atoms with Crippen molar-refractivity contribution in [1.29, 1.82) is 0 Å². The third kappa shape index (κ3) is 3.20. The van der Waals surface area contributed by atoms with Gasteiger partial charge in [-0.2, -0.15) is 0 Å². The molecular formula is C14H16ClN3O. The smallest absolute Gasteiger partial charge is 0.179 e. The van der Waals surface area contributed by atoms with Crippen molar-refractivity contribution >= 4 is 11.6 Å². The fourth-order valence-corrected chi connectivity index (χ4v) is 1.76. The zero-order valence-electron chi connectivity index (χ0n) is 11.4. The van der Waals surface area contributed by atoms with Gasteiger partial charge in [0.15, 0.2) is 5.82 Å². The van der Waals surface area contributed by atoms with E-state index in [9.17, 15) is 0 Å². The van der Waals surface area contributed by atoms with Crippen LogP contribution in [0, 0.1) is 0 Å². The predicted octanol–water partition coefficient (Wildman–Crippen LogP) is 3.50. The quantitative estimate of drug-likeness (QED) is 0.788. The first-order valence-electron chi connectivity index (χ1n) is 5.95. The summed E-state index contributed by atoms with van der Waals surface area (Å²) in [5, 5.41) is 0.416. The lowest BCUT2D eigenvalue weighted by Crippen LogP contribution is -2.14. The number of nitrogens with zero attached hydrogens (tertiary/aromatic N) is 3. The Morgan fingerprint density at radius 1 is 1.16 bits per heavy atom. The van der Waals surface area contributed by atoms with E-state index in [2.05, 4.69) is 35.7 Å². The first-order chi connectivity index (χ1) is 8.90. The number of aromatic nitrogens is 3. The summed E-state index contributed by atoms with van der Waals surface area (Å²) in [6, 6.07) is 5.35. The van der Waals surface area contributed by atoms with Gasteiger partial charge in [-0.3, -0.25) is 4.98 Å². The fourth-order valence-electron chi connectivity index (χ4n) is 1.58. The van der Waals surface area contributed by atoms with E-state index in [-0.39, 0.29) is 5.41 Å². The molecule has 5 heteroatoms. The molecule has 0 aromatic carbocycles. The van der Waals surface area contributed by atoms with Crippen molar-refractivity contribution in [3.05, 3.63) is 35.2 Å². The molecule has 0 atom stereocenters. The van der Waals surface area contributed by atoms with Crippen LogP contribution < -0.4 is 4.74 Å². The van der Waals surface area contributed by atoms with Gasteiger partial charge in [0.2, 0.25) is 0 Å². The fraction of sp³-hybridized carbons (Fsp3) is 0.357. The van der Waals surface area contributed by atoms with Gasteiger partial charge in [-0.1, -0.05) is 32.4 Å². The SMILES string of the molecule is COc1ccnc(-c2nc(Cl)cc(C(C)(C)C)n2)c1. The molecule has 0 fully saturated rings. The lowest BCUT2D eigenvalue weighted by Gasteiger charge is -2.18. The molecule has 0 unspecified atom stereocenters. The minimum atomic E-state index is -0.0970. The van der Waals surface area contributed by atoms with Gasteiger partial charge in [0.05, 0.1) is 12.8 Å². The Bertz CT molecular complexity index is 593. The highest BCUT2D eigenvalue weighted by atomic mass is 35.5. The molecule has 19 heavy (non-hydrogen) atoms. The van der Waals surface area contributed by atoms with Gasteiger partial charge < -0.3 is 4.74 Å². The first-order valence-corrected chi connectivity index (χ1v) is 6.33. The predicted molar refractivity (Wildman–Crippen MR) is 75.5 cm³/mol. The highest BCUT2D eigenvalue weighted by Crippen LogP contribution is 2.26. The second-order valence-electron chi connectivity index (χ2n) is 5.23. The summed E-state index contributed by atoms with van der Waals surface area (Å²) in [5.74, 6) is 1.22. The zero-order valence-corrected chi connectivity index (χ0v) is 12.2. The van der Waals surface area contributed by atoms with Crippen LogP contribution in [0.4, 0.5) is 0 Å². The van der Waals surface area contributed by atoms with E-state index in [1.54, 1.807) is 31.5 Å². The van der Waals surface area contributed by atoms with Crippen molar-refractivity contribution in [2.24, 2.45) is 0 Å². The van der Waals surface area contributed by atoms with Crippen molar-refractivity contribution in [2.75, 3.05) is 7.11 Å². The Morgan fingerprint density at radius 3 is 2.53 bits per heavy atom. The van der Waals surface area contributed by atoms with Crippen molar-refractivity contribution in [3.63, 3.8) is 0 Å². The number of rotatable bonds is 2. The Kier molecular flexibility index (Phi) is 3.71. The number of pyridine rings is 1. The van der Waals surface area contributed by atoms with Crippen LogP contribution in [0.5, 0.6) is 5.75 Å². The molecule has 0 aliphatic carbocycles. The van der Waals surface area contributed by atoms with Gasteiger partial charge in [-0.05, 0) is 12.1 Å². The molecule has 4 nitrogen and oxygen atoms in total. The number of hydrogen-bond acceptors (Lipinski definition) is 4. The summed E-state index contributed by atoms with van der Waals surface area (Å²) in [6.07, 6.45) is 1.66. The van der Waals surface area contributed by atoms with Gasteiger partial charge in [-0.25, -0.2) is 9.97 Å². The maximum Gasteiger partial charge on any atom is 0.179 e. The third-order valence-electron chi connectivity index (χ3n) is 2.66. The van der Waals surface area contributed by atoms with Crippen molar-refractivity contribution in [1.82, 2.24) is 15.0 Å². The average molecular weight is 278 g/mol. The standard InChI is InChI=1S/C14H16ClN3O/c1-14(2,3)11-8-12(15)18-13(17-11)10-7-9(19-4)5-6-16-10/h5-8H,1-4H3. The van der Waals surface area contributed by atoms with E-state index in [1.807, 2.05) is 0 Å². The Morgan fingerprint density at radius 2 is 1.89 bits per heavy atom. The Hall–Kier alpha value is -1.68. The van der Waals surface area contributed by atoms with E-state index in [1.165, 1.54) is 0 Å². The van der Waals surface area contributed by atoms with Crippen LogP contribution in [-0.2, 0) is 5.41 Å². The molecule has 2 aromatic rings.